The van der Waals surface area contributed by atoms with E-state index < -0.39 is 12.1 Å². The largest absolute Gasteiger partial charge is 0.479 e. The monoisotopic (exact) mass is 619 g/mol. The molecule has 0 fully saturated rings. The van der Waals surface area contributed by atoms with Gasteiger partial charge in [0.1, 0.15) is 0 Å². The van der Waals surface area contributed by atoms with E-state index in [1.807, 2.05) is 0 Å². The molecule has 0 heterocycles. The molecule has 0 bridgehead atoms. The summed E-state index contributed by atoms with van der Waals surface area (Å²) in [6.45, 7) is 4.52. The predicted molar refractivity (Wildman–Crippen MR) is 190 cm³/mol. The van der Waals surface area contributed by atoms with Crippen LogP contribution in [0.4, 0.5) is 0 Å². The number of rotatable bonds is 35. The molecule has 0 aliphatic rings. The Hall–Kier alpha value is -1.58. The van der Waals surface area contributed by atoms with Gasteiger partial charge in [0.25, 0.3) is 0 Å². The van der Waals surface area contributed by atoms with Crippen molar-refractivity contribution in [1.82, 2.24) is 0 Å². The molecule has 1 atom stereocenters. The molecular formula is C40H74O4. The number of carboxylic acids is 1. The van der Waals surface area contributed by atoms with Crippen LogP contribution in [0.3, 0.4) is 0 Å². The van der Waals surface area contributed by atoms with E-state index in [0.29, 0.717) is 12.8 Å². The molecule has 0 amide bonds. The molecular weight excluding hydrogens is 544 g/mol. The van der Waals surface area contributed by atoms with Crippen LogP contribution in [0.5, 0.6) is 0 Å². The lowest BCUT2D eigenvalue weighted by atomic mass is 10.0. The summed E-state index contributed by atoms with van der Waals surface area (Å²) in [5.74, 6) is -1.36. The Bertz CT molecular complexity index is 668. The maximum Gasteiger partial charge on any atom is 0.345 e. The third-order valence-electron chi connectivity index (χ3n) is 8.70. The number of esters is 1. The molecule has 4 heteroatoms. The summed E-state index contributed by atoms with van der Waals surface area (Å²) in [6.07, 6.45) is 45.0. The summed E-state index contributed by atoms with van der Waals surface area (Å²) < 4.78 is 5.31. The number of carboxylic acid groups (broad SMARTS) is 1. The van der Waals surface area contributed by atoms with Crippen molar-refractivity contribution >= 4 is 11.9 Å². The summed E-state index contributed by atoms with van der Waals surface area (Å²) in [5, 5.41) is 9.48. The summed E-state index contributed by atoms with van der Waals surface area (Å²) in [6, 6.07) is 0. The van der Waals surface area contributed by atoms with Gasteiger partial charge >= 0.3 is 11.9 Å². The molecule has 1 N–H and O–H groups in total. The van der Waals surface area contributed by atoms with Crippen LogP contribution in [-0.2, 0) is 14.3 Å². The quantitative estimate of drug-likeness (QED) is 0.0436. The van der Waals surface area contributed by atoms with Crippen LogP contribution in [0, 0.1) is 0 Å². The SMILES string of the molecule is CCCCC/C=C\C/C=C\CCCCCCCC(=O)OC(CCCCCCCCCCCCCCCCCCCC)C(=O)O. The third kappa shape index (κ3) is 33.3. The zero-order chi connectivity index (χ0) is 32.2. The van der Waals surface area contributed by atoms with E-state index in [0.717, 1.165) is 51.4 Å². The Morgan fingerprint density at radius 2 is 0.864 bits per heavy atom. The Balaban J connectivity index is 3.56. The standard InChI is InChI=1S/C40H74O4/c1-3-5-7-9-11-13-15-17-19-20-21-23-24-26-28-30-32-34-36-38(40(42)43)44-39(41)37-35-33-31-29-27-25-22-18-16-14-12-10-8-6-4-2/h12,14,18,22,38H,3-11,13,15-17,19-21,23-37H2,1-2H3,(H,42,43)/b14-12-,22-18-. The number of aliphatic carboxylic acids is 1. The predicted octanol–water partition coefficient (Wildman–Crippen LogP) is 13.2. The average molecular weight is 619 g/mol. The van der Waals surface area contributed by atoms with Crippen LogP contribution >= 0.6 is 0 Å². The molecule has 44 heavy (non-hydrogen) atoms. The lowest BCUT2D eigenvalue weighted by molar-refractivity contribution is -0.164. The van der Waals surface area contributed by atoms with Crippen molar-refractivity contribution in [3.05, 3.63) is 24.3 Å². The number of hydrogen-bond acceptors (Lipinski definition) is 3. The van der Waals surface area contributed by atoms with Crippen molar-refractivity contribution in [3.8, 4) is 0 Å². The van der Waals surface area contributed by atoms with Crippen molar-refractivity contribution in [2.45, 2.75) is 219 Å². The van der Waals surface area contributed by atoms with E-state index in [2.05, 4.69) is 38.2 Å². The van der Waals surface area contributed by atoms with E-state index in [1.54, 1.807) is 0 Å². The molecule has 0 saturated carbocycles. The van der Waals surface area contributed by atoms with Gasteiger partial charge < -0.3 is 9.84 Å². The van der Waals surface area contributed by atoms with Gasteiger partial charge in [0.2, 0.25) is 0 Å². The number of carbonyl (C=O) groups excluding carboxylic acids is 1. The fourth-order valence-electron chi connectivity index (χ4n) is 5.76. The fraction of sp³-hybridized carbons (Fsp3) is 0.850. The minimum absolute atomic E-state index is 0.327. The van der Waals surface area contributed by atoms with E-state index in [-0.39, 0.29) is 5.97 Å². The van der Waals surface area contributed by atoms with Gasteiger partial charge in [0.15, 0.2) is 6.10 Å². The van der Waals surface area contributed by atoms with Crippen LogP contribution in [0.2, 0.25) is 0 Å². The summed E-state index contributed by atoms with van der Waals surface area (Å²) in [7, 11) is 0. The summed E-state index contributed by atoms with van der Waals surface area (Å²) in [4.78, 5) is 23.8. The second kappa shape index (κ2) is 35.9. The number of ether oxygens (including phenoxy) is 1. The minimum Gasteiger partial charge on any atom is -0.479 e. The Kier molecular flexibility index (Phi) is 34.6. The highest BCUT2D eigenvalue weighted by molar-refractivity contribution is 5.77. The highest BCUT2D eigenvalue weighted by Gasteiger charge is 2.21. The summed E-state index contributed by atoms with van der Waals surface area (Å²) in [5.41, 5.74) is 0. The fourth-order valence-corrected chi connectivity index (χ4v) is 5.76. The molecule has 0 radical (unpaired) electrons. The van der Waals surface area contributed by atoms with Crippen LogP contribution in [0.25, 0.3) is 0 Å². The van der Waals surface area contributed by atoms with Gasteiger partial charge in [-0.2, -0.15) is 0 Å². The number of carbonyl (C=O) groups is 2. The van der Waals surface area contributed by atoms with Crippen LogP contribution in [0.1, 0.15) is 213 Å². The van der Waals surface area contributed by atoms with E-state index in [4.69, 9.17) is 4.74 Å². The normalized spacial score (nSPS) is 12.4. The molecule has 0 aromatic rings. The van der Waals surface area contributed by atoms with Crippen LogP contribution in [0.15, 0.2) is 24.3 Å². The van der Waals surface area contributed by atoms with Crippen molar-refractivity contribution < 1.29 is 19.4 Å². The van der Waals surface area contributed by atoms with Crippen molar-refractivity contribution in [2.24, 2.45) is 0 Å². The van der Waals surface area contributed by atoms with Gasteiger partial charge in [-0.3, -0.25) is 4.79 Å². The maximum atomic E-state index is 12.2. The number of allylic oxidation sites excluding steroid dienone is 4. The molecule has 1 unspecified atom stereocenters. The van der Waals surface area contributed by atoms with E-state index in [1.165, 1.54) is 135 Å². The topological polar surface area (TPSA) is 63.6 Å². The lowest BCUT2D eigenvalue weighted by Gasteiger charge is -2.13. The smallest absolute Gasteiger partial charge is 0.345 e. The lowest BCUT2D eigenvalue weighted by Crippen LogP contribution is -2.27. The Labute approximate surface area is 274 Å². The van der Waals surface area contributed by atoms with Gasteiger partial charge in [0.05, 0.1) is 0 Å². The molecule has 0 spiro atoms. The first-order valence-electron chi connectivity index (χ1n) is 19.3. The molecule has 0 saturated heterocycles. The van der Waals surface area contributed by atoms with Gasteiger partial charge in [-0.25, -0.2) is 4.79 Å². The zero-order valence-corrected chi connectivity index (χ0v) is 29.5. The van der Waals surface area contributed by atoms with Crippen LogP contribution in [-0.4, -0.2) is 23.1 Å². The second-order valence-electron chi connectivity index (χ2n) is 13.1. The first-order valence-corrected chi connectivity index (χ1v) is 19.3. The highest BCUT2D eigenvalue weighted by Crippen LogP contribution is 2.16. The first kappa shape index (κ1) is 42.4. The zero-order valence-electron chi connectivity index (χ0n) is 29.5. The minimum atomic E-state index is -1.01. The molecule has 0 aliphatic heterocycles. The van der Waals surface area contributed by atoms with Gasteiger partial charge in [-0.1, -0.05) is 179 Å². The van der Waals surface area contributed by atoms with Gasteiger partial charge in [0, 0.05) is 6.42 Å². The van der Waals surface area contributed by atoms with Crippen LogP contribution < -0.4 is 0 Å². The van der Waals surface area contributed by atoms with Crippen molar-refractivity contribution in [2.75, 3.05) is 0 Å². The van der Waals surface area contributed by atoms with Crippen molar-refractivity contribution in [3.63, 3.8) is 0 Å². The maximum absolute atomic E-state index is 12.2. The van der Waals surface area contributed by atoms with Gasteiger partial charge in [-0.15, -0.1) is 0 Å². The second-order valence-corrected chi connectivity index (χ2v) is 13.1. The highest BCUT2D eigenvalue weighted by atomic mass is 16.6. The van der Waals surface area contributed by atoms with Crippen molar-refractivity contribution in [1.29, 1.82) is 0 Å². The summed E-state index contributed by atoms with van der Waals surface area (Å²) >= 11 is 0. The van der Waals surface area contributed by atoms with E-state index >= 15 is 0 Å². The molecule has 0 aromatic heterocycles. The van der Waals surface area contributed by atoms with Gasteiger partial charge in [-0.05, 0) is 51.4 Å². The third-order valence-corrected chi connectivity index (χ3v) is 8.70. The number of unbranched alkanes of at least 4 members (excludes halogenated alkanes) is 25. The Morgan fingerprint density at radius 3 is 1.32 bits per heavy atom. The average Bonchev–Trinajstić information content (AvgIpc) is 3.01. The molecule has 258 valence electrons. The molecule has 0 rings (SSSR count). The molecule has 0 aromatic carbocycles. The Morgan fingerprint density at radius 1 is 0.500 bits per heavy atom. The molecule has 0 aliphatic carbocycles. The van der Waals surface area contributed by atoms with E-state index in [9.17, 15) is 14.7 Å². The first-order chi connectivity index (χ1) is 21.6. The molecule has 4 nitrogen and oxygen atoms in total. The number of hydrogen-bond donors (Lipinski definition) is 1.